The number of benzene rings is 2. The summed E-state index contributed by atoms with van der Waals surface area (Å²) in [5, 5.41) is 27.8. The van der Waals surface area contributed by atoms with E-state index in [4.69, 9.17) is 19.4 Å². The minimum absolute atomic E-state index is 0.00661. The van der Waals surface area contributed by atoms with E-state index in [0.29, 0.717) is 55.5 Å². The van der Waals surface area contributed by atoms with Gasteiger partial charge in [0.15, 0.2) is 29.3 Å². The van der Waals surface area contributed by atoms with Gasteiger partial charge in [0.2, 0.25) is 5.82 Å². The highest BCUT2D eigenvalue weighted by molar-refractivity contribution is 5.84. The van der Waals surface area contributed by atoms with Crippen LogP contribution in [0.4, 0.5) is 10.6 Å². The van der Waals surface area contributed by atoms with Crippen molar-refractivity contribution in [1.29, 1.82) is 0 Å². The van der Waals surface area contributed by atoms with Crippen molar-refractivity contribution in [3.8, 4) is 11.8 Å². The zero-order valence-corrected chi connectivity index (χ0v) is 27.5. The summed E-state index contributed by atoms with van der Waals surface area (Å²) in [4.78, 5) is 40.2. The maximum absolute atomic E-state index is 12.6. The number of piperidine rings is 1. The van der Waals surface area contributed by atoms with Crippen LogP contribution in [-0.4, -0.2) is 98.2 Å². The van der Waals surface area contributed by atoms with E-state index in [1.165, 1.54) is 18.0 Å². The van der Waals surface area contributed by atoms with Crippen molar-refractivity contribution in [3.05, 3.63) is 83.9 Å². The molecular weight excluding hydrogens is 626 g/mol. The minimum Gasteiger partial charge on any atom is -0.453 e. The molecule has 2 aliphatic heterocycles. The van der Waals surface area contributed by atoms with E-state index in [1.807, 2.05) is 36.4 Å². The topological polar surface area (TPSA) is 164 Å². The van der Waals surface area contributed by atoms with Crippen LogP contribution in [-0.2, 0) is 14.3 Å². The third kappa shape index (κ3) is 7.51. The van der Waals surface area contributed by atoms with E-state index >= 15 is 0 Å². The molecule has 4 N–H and O–H groups in total. The SMILES string of the molecule is CCNC(=O)[C@H]1O[C@@H](n2cnc3c(NCC(c4ccccc4)c4ccccc4)nc(C#CCC4CCN(C(=O)OC)CC4)nc32)C(O)C1O. The average molecular weight is 668 g/mol. The number of anilines is 1. The standard InChI is InChI=1S/C36H41N7O6/c1-3-37-34(46)31-29(44)30(45)35(49-31)43-22-39-28-32(38-21-26(24-12-6-4-7-13-24)25-14-8-5-9-15-25)40-27(41-33(28)43)16-10-11-23-17-19-42(20-18-23)36(47)48-2/h4-9,12-15,22-23,26,29-31,35,44-45H,3,11,17-21H2,1-2H3,(H,37,46)(H,38,40,41)/t29?,30?,31-,35+/m0/s1. The molecule has 0 radical (unpaired) electrons. The lowest BCUT2D eigenvalue weighted by molar-refractivity contribution is -0.137. The average Bonchev–Trinajstić information content (AvgIpc) is 3.69. The molecule has 256 valence electrons. The van der Waals surface area contributed by atoms with Crippen LogP contribution < -0.4 is 10.6 Å². The van der Waals surface area contributed by atoms with Crippen LogP contribution in [0.5, 0.6) is 0 Å². The molecular formula is C36H41N7O6. The van der Waals surface area contributed by atoms with Crippen molar-refractivity contribution < 1.29 is 29.3 Å². The third-order valence-electron chi connectivity index (χ3n) is 9.06. The van der Waals surface area contributed by atoms with Crippen LogP contribution in [0.3, 0.4) is 0 Å². The molecule has 2 unspecified atom stereocenters. The van der Waals surface area contributed by atoms with Crippen LogP contribution >= 0.6 is 0 Å². The highest BCUT2D eigenvalue weighted by Gasteiger charge is 2.47. The van der Waals surface area contributed by atoms with Gasteiger partial charge >= 0.3 is 6.09 Å². The zero-order chi connectivity index (χ0) is 34.3. The molecule has 0 spiro atoms. The third-order valence-corrected chi connectivity index (χ3v) is 9.06. The van der Waals surface area contributed by atoms with Crippen molar-refractivity contribution in [2.24, 2.45) is 5.92 Å². The van der Waals surface area contributed by atoms with E-state index in [2.05, 4.69) is 51.7 Å². The summed E-state index contributed by atoms with van der Waals surface area (Å²) < 4.78 is 12.3. The molecule has 4 heterocycles. The molecule has 6 rings (SSSR count). The van der Waals surface area contributed by atoms with E-state index < -0.39 is 30.4 Å². The first-order valence-corrected chi connectivity index (χ1v) is 16.6. The summed E-state index contributed by atoms with van der Waals surface area (Å²) in [5.41, 5.74) is 3.01. The summed E-state index contributed by atoms with van der Waals surface area (Å²) in [6.45, 7) is 3.83. The van der Waals surface area contributed by atoms with Gasteiger partial charge < -0.3 is 35.2 Å². The smallest absolute Gasteiger partial charge is 0.409 e. The number of likely N-dealkylation sites (N-methyl/N-ethyl adjacent to an activating group) is 1. The Bertz CT molecular complexity index is 1760. The molecule has 0 bridgehead atoms. The van der Waals surface area contributed by atoms with Crippen molar-refractivity contribution in [2.75, 3.05) is 38.6 Å². The molecule has 13 heteroatoms. The Morgan fingerprint density at radius 1 is 1.02 bits per heavy atom. The lowest BCUT2D eigenvalue weighted by Crippen LogP contribution is -2.42. The number of fused-ring (bicyclic) bond motifs is 1. The number of likely N-dealkylation sites (tertiary alicyclic amines) is 1. The number of nitrogens with zero attached hydrogens (tertiary/aromatic N) is 5. The summed E-state index contributed by atoms with van der Waals surface area (Å²) in [6.07, 6.45) is -1.87. The molecule has 2 aliphatic rings. The fourth-order valence-corrected chi connectivity index (χ4v) is 6.38. The fraction of sp³-hybridized carbons (Fsp3) is 0.417. The Kier molecular flexibility index (Phi) is 10.7. The molecule has 2 amide bonds. The first kappa shape index (κ1) is 33.9. The molecule has 2 fully saturated rings. The molecule has 13 nitrogen and oxygen atoms in total. The Morgan fingerprint density at radius 3 is 2.33 bits per heavy atom. The molecule has 2 aromatic heterocycles. The maximum Gasteiger partial charge on any atom is 0.409 e. The highest BCUT2D eigenvalue weighted by atomic mass is 16.6. The Labute approximate surface area is 284 Å². The Morgan fingerprint density at radius 2 is 1.69 bits per heavy atom. The lowest BCUT2D eigenvalue weighted by atomic mass is 9.91. The second-order valence-corrected chi connectivity index (χ2v) is 12.2. The van der Waals surface area contributed by atoms with Gasteiger partial charge in [0.05, 0.1) is 13.4 Å². The summed E-state index contributed by atoms with van der Waals surface area (Å²) >= 11 is 0. The number of rotatable bonds is 9. The second-order valence-electron chi connectivity index (χ2n) is 12.2. The van der Waals surface area contributed by atoms with Gasteiger partial charge in [-0.2, -0.15) is 0 Å². The molecule has 0 saturated carbocycles. The summed E-state index contributed by atoms with van der Waals surface area (Å²) in [7, 11) is 1.39. The molecule has 4 aromatic rings. The predicted molar refractivity (Wildman–Crippen MR) is 181 cm³/mol. The van der Waals surface area contributed by atoms with Crippen LogP contribution in [0.2, 0.25) is 0 Å². The summed E-state index contributed by atoms with van der Waals surface area (Å²) in [5.74, 6) is 6.83. The molecule has 2 aromatic carbocycles. The van der Waals surface area contributed by atoms with E-state index in [1.54, 1.807) is 11.8 Å². The first-order valence-electron chi connectivity index (χ1n) is 16.6. The monoisotopic (exact) mass is 667 g/mol. The number of nitrogens with one attached hydrogen (secondary N) is 2. The quantitative estimate of drug-likeness (QED) is 0.195. The van der Waals surface area contributed by atoms with E-state index in [9.17, 15) is 19.8 Å². The van der Waals surface area contributed by atoms with Gasteiger partial charge in [-0.05, 0) is 42.7 Å². The lowest BCUT2D eigenvalue weighted by Gasteiger charge is -2.29. The zero-order valence-electron chi connectivity index (χ0n) is 27.5. The minimum atomic E-state index is -1.45. The number of hydrogen-bond donors (Lipinski definition) is 4. The number of imidazole rings is 1. The first-order chi connectivity index (χ1) is 23.9. The van der Waals surface area contributed by atoms with Crippen molar-refractivity contribution in [3.63, 3.8) is 0 Å². The van der Waals surface area contributed by atoms with Gasteiger partial charge in [-0.15, -0.1) is 0 Å². The van der Waals surface area contributed by atoms with Gasteiger partial charge in [0, 0.05) is 38.5 Å². The van der Waals surface area contributed by atoms with Gasteiger partial charge in [0.25, 0.3) is 5.91 Å². The molecule has 2 saturated heterocycles. The number of amides is 2. The number of methoxy groups -OCH3 is 1. The number of hydrogen-bond acceptors (Lipinski definition) is 10. The largest absolute Gasteiger partial charge is 0.453 e. The Balaban J connectivity index is 1.30. The van der Waals surface area contributed by atoms with Crippen molar-refractivity contribution in [1.82, 2.24) is 29.7 Å². The van der Waals surface area contributed by atoms with E-state index in [-0.39, 0.29) is 17.8 Å². The van der Waals surface area contributed by atoms with Gasteiger partial charge in [-0.25, -0.2) is 19.7 Å². The van der Waals surface area contributed by atoms with Crippen LogP contribution in [0, 0.1) is 17.8 Å². The van der Waals surface area contributed by atoms with E-state index in [0.717, 1.165) is 24.0 Å². The number of carbonyl (C=O) groups excluding carboxylic acids is 2. The van der Waals surface area contributed by atoms with Crippen molar-refractivity contribution in [2.45, 2.75) is 56.6 Å². The Hall–Kier alpha value is -5.03. The molecule has 49 heavy (non-hydrogen) atoms. The molecule has 4 atom stereocenters. The second kappa shape index (κ2) is 15.5. The number of aromatic nitrogens is 4. The van der Waals surface area contributed by atoms with Crippen LogP contribution in [0.25, 0.3) is 11.2 Å². The molecule has 0 aliphatic carbocycles. The number of carbonyl (C=O) groups is 2. The van der Waals surface area contributed by atoms with Crippen LogP contribution in [0.15, 0.2) is 67.0 Å². The predicted octanol–water partition coefficient (Wildman–Crippen LogP) is 3.05. The van der Waals surface area contributed by atoms with Gasteiger partial charge in [-0.1, -0.05) is 66.6 Å². The van der Waals surface area contributed by atoms with Crippen LogP contribution in [0.1, 0.15) is 55.3 Å². The number of ether oxygens (including phenoxy) is 2. The normalized spacial score (nSPS) is 21.0. The van der Waals surface area contributed by atoms with Gasteiger partial charge in [0.1, 0.15) is 12.2 Å². The fourth-order valence-electron chi connectivity index (χ4n) is 6.38. The van der Waals surface area contributed by atoms with Gasteiger partial charge in [-0.3, -0.25) is 9.36 Å². The number of aliphatic hydroxyl groups is 2. The van der Waals surface area contributed by atoms with Crippen molar-refractivity contribution >= 4 is 29.0 Å². The number of aliphatic hydroxyl groups excluding tert-OH is 2. The summed E-state index contributed by atoms with van der Waals surface area (Å²) in [6, 6.07) is 20.4. The maximum atomic E-state index is 12.6. The highest BCUT2D eigenvalue weighted by Crippen LogP contribution is 2.33.